The zero-order chi connectivity index (χ0) is 15.2. The molecule has 0 amide bonds. The Morgan fingerprint density at radius 2 is 1.29 bits per heavy atom. The number of carbonyl (C=O) groups excluding carboxylic acids is 1. The van der Waals surface area contributed by atoms with Crippen molar-refractivity contribution in [3.05, 3.63) is 69.7 Å². The van der Waals surface area contributed by atoms with E-state index in [-0.39, 0.29) is 10.2 Å². The Morgan fingerprint density at radius 1 is 0.857 bits per heavy atom. The largest absolute Gasteiger partial charge is 0.867 e. The molecule has 0 radical (unpaired) electrons. The van der Waals surface area contributed by atoms with Gasteiger partial charge < -0.3 is 5.11 Å². The summed E-state index contributed by atoms with van der Waals surface area (Å²) in [5.41, 5.74) is 0. The summed E-state index contributed by atoms with van der Waals surface area (Å²) in [5.74, 6) is 0. The van der Waals surface area contributed by atoms with Crippen LogP contribution >= 0.6 is 46.7 Å². The van der Waals surface area contributed by atoms with Crippen molar-refractivity contribution in [1.29, 1.82) is 0 Å². The molecule has 108 valence electrons. The van der Waals surface area contributed by atoms with Crippen molar-refractivity contribution >= 4 is 51.8 Å². The van der Waals surface area contributed by atoms with Gasteiger partial charge in [-0.15, -0.1) is 11.8 Å². The van der Waals surface area contributed by atoms with Crippen LogP contribution in [0.2, 0.25) is 10.0 Å². The van der Waals surface area contributed by atoms with Crippen LogP contribution in [0, 0.1) is 0 Å². The average molecular weight is 356 g/mol. The predicted molar refractivity (Wildman–Crippen MR) is 87.7 cm³/mol. The van der Waals surface area contributed by atoms with Gasteiger partial charge >= 0.3 is 0 Å². The molecule has 0 N–H and O–H groups in total. The van der Waals surface area contributed by atoms with E-state index in [9.17, 15) is 9.90 Å². The van der Waals surface area contributed by atoms with E-state index < -0.39 is 0 Å². The Bertz CT molecular complexity index is 652. The third-order valence-electron chi connectivity index (χ3n) is 2.30. The molecule has 2 nitrogen and oxygen atoms in total. The Kier molecular flexibility index (Phi) is 6.06. The van der Waals surface area contributed by atoms with E-state index in [4.69, 9.17) is 23.2 Å². The van der Waals surface area contributed by atoms with Gasteiger partial charge in [0.25, 0.3) is 0 Å². The first-order chi connectivity index (χ1) is 10.0. The van der Waals surface area contributed by atoms with Crippen LogP contribution in [-0.4, -0.2) is 5.12 Å². The van der Waals surface area contributed by atoms with E-state index in [1.165, 1.54) is 0 Å². The summed E-state index contributed by atoms with van der Waals surface area (Å²) in [5, 5.41) is 12.3. The smallest absolute Gasteiger partial charge is 0.216 e. The summed E-state index contributed by atoms with van der Waals surface area (Å²) in [6.45, 7) is 0. The maximum absolute atomic E-state index is 11.8. The van der Waals surface area contributed by atoms with Gasteiger partial charge in [0.2, 0.25) is 5.12 Å². The number of benzene rings is 2. The highest BCUT2D eigenvalue weighted by Gasteiger charge is 2.02. The van der Waals surface area contributed by atoms with Crippen molar-refractivity contribution in [3.63, 3.8) is 0 Å². The minimum Gasteiger partial charge on any atom is -0.867 e. The van der Waals surface area contributed by atoms with Crippen LogP contribution < -0.4 is 5.11 Å². The van der Waals surface area contributed by atoms with Crippen molar-refractivity contribution in [1.82, 2.24) is 0 Å². The Labute approximate surface area is 141 Å². The minimum atomic E-state index is -0.316. The molecular weight excluding hydrogens is 347 g/mol. The molecule has 0 heterocycles. The number of hydrogen-bond donors (Lipinski definition) is 0. The van der Waals surface area contributed by atoms with Crippen LogP contribution in [-0.2, 0) is 4.79 Å². The monoisotopic (exact) mass is 355 g/mol. The Morgan fingerprint density at radius 3 is 1.76 bits per heavy atom. The van der Waals surface area contributed by atoms with Crippen LogP contribution in [0.5, 0.6) is 0 Å². The van der Waals surface area contributed by atoms with Gasteiger partial charge in [-0.1, -0.05) is 28.3 Å². The van der Waals surface area contributed by atoms with Crippen molar-refractivity contribution in [3.8, 4) is 0 Å². The molecule has 0 aromatic heterocycles. The molecule has 0 fully saturated rings. The zero-order valence-electron chi connectivity index (χ0n) is 10.6. The van der Waals surface area contributed by atoms with Crippen LogP contribution in [0.3, 0.4) is 0 Å². The lowest BCUT2D eigenvalue weighted by Crippen LogP contribution is -2.01. The molecule has 0 atom stereocenters. The van der Waals surface area contributed by atoms with E-state index in [0.717, 1.165) is 39.4 Å². The molecule has 21 heavy (non-hydrogen) atoms. The van der Waals surface area contributed by atoms with Gasteiger partial charge in [0.1, 0.15) is 0 Å². The lowest BCUT2D eigenvalue weighted by atomic mass is 10.4. The molecule has 2 rings (SSSR count). The SMILES string of the molecule is O=C(/C=C(\[O-])Sc1ccc(Cl)cc1)Sc1ccc(Cl)cc1. The maximum Gasteiger partial charge on any atom is 0.216 e. The summed E-state index contributed by atoms with van der Waals surface area (Å²) in [6, 6.07) is 13.7. The number of thioether (sulfide) groups is 2. The number of carbonyl (C=O) groups is 1. The Balaban J connectivity index is 1.96. The molecule has 0 saturated carbocycles. The second-order valence-corrected chi connectivity index (χ2v) is 6.92. The first-order valence-corrected chi connectivity index (χ1v) is 8.21. The van der Waals surface area contributed by atoms with Gasteiger partial charge in [-0.3, -0.25) is 4.79 Å². The van der Waals surface area contributed by atoms with Gasteiger partial charge in [-0.2, -0.15) is 0 Å². The summed E-state index contributed by atoms with van der Waals surface area (Å²) in [6.07, 6.45) is 1.08. The van der Waals surface area contributed by atoms with E-state index in [2.05, 4.69) is 0 Å². The lowest BCUT2D eigenvalue weighted by Gasteiger charge is -2.10. The molecule has 0 spiro atoms. The number of halogens is 2. The molecule has 0 aliphatic heterocycles. The highest BCUT2D eigenvalue weighted by atomic mass is 35.5. The van der Waals surface area contributed by atoms with Gasteiger partial charge in [0.15, 0.2) is 0 Å². The van der Waals surface area contributed by atoms with Crippen LogP contribution in [0.4, 0.5) is 0 Å². The average Bonchev–Trinajstić information content (AvgIpc) is 2.44. The minimum absolute atomic E-state index is 0.316. The summed E-state index contributed by atoms with van der Waals surface area (Å²) in [4.78, 5) is 13.3. The summed E-state index contributed by atoms with van der Waals surface area (Å²) < 4.78 is 0. The second-order valence-electron chi connectivity index (χ2n) is 3.89. The molecule has 0 bridgehead atoms. The molecule has 0 unspecified atom stereocenters. The summed E-state index contributed by atoms with van der Waals surface area (Å²) >= 11 is 13.5. The molecule has 2 aromatic rings. The standard InChI is InChI=1S/C15H10Cl2O2S2/c16-10-1-5-12(6-2-10)20-14(18)9-15(19)21-13-7-3-11(17)4-8-13/h1-9,18H/p-1/b14-9+. The molecular formula is C15H9Cl2O2S2-. The fourth-order valence-electron chi connectivity index (χ4n) is 1.39. The van der Waals surface area contributed by atoms with Gasteiger partial charge in [-0.25, -0.2) is 0 Å². The fourth-order valence-corrected chi connectivity index (χ4v) is 3.06. The molecule has 2 aromatic carbocycles. The lowest BCUT2D eigenvalue weighted by molar-refractivity contribution is -0.284. The molecule has 6 heteroatoms. The van der Waals surface area contributed by atoms with E-state index in [1.54, 1.807) is 48.5 Å². The number of rotatable bonds is 4. The Hall–Kier alpha value is -1.07. The van der Waals surface area contributed by atoms with Crippen LogP contribution in [0.1, 0.15) is 0 Å². The van der Waals surface area contributed by atoms with E-state index >= 15 is 0 Å². The normalized spacial score (nSPS) is 11.4. The van der Waals surface area contributed by atoms with Crippen molar-refractivity contribution < 1.29 is 9.90 Å². The van der Waals surface area contributed by atoms with E-state index in [1.807, 2.05) is 0 Å². The summed E-state index contributed by atoms with van der Waals surface area (Å²) in [7, 11) is 0. The second kappa shape index (κ2) is 7.80. The topological polar surface area (TPSA) is 40.1 Å². The maximum atomic E-state index is 11.8. The highest BCUT2D eigenvalue weighted by Crippen LogP contribution is 2.26. The third-order valence-corrected chi connectivity index (χ3v) is 4.46. The molecule has 0 aliphatic rings. The van der Waals surface area contributed by atoms with Crippen molar-refractivity contribution in [2.75, 3.05) is 0 Å². The van der Waals surface area contributed by atoms with E-state index in [0.29, 0.717) is 10.0 Å². The predicted octanol–water partition coefficient (Wildman–Crippen LogP) is 4.61. The highest BCUT2D eigenvalue weighted by molar-refractivity contribution is 8.14. The van der Waals surface area contributed by atoms with Crippen LogP contribution in [0.25, 0.3) is 0 Å². The molecule has 0 saturated heterocycles. The van der Waals surface area contributed by atoms with Crippen LogP contribution in [0.15, 0.2) is 69.5 Å². The number of hydrogen-bond acceptors (Lipinski definition) is 4. The van der Waals surface area contributed by atoms with Gasteiger partial charge in [-0.05, 0) is 66.4 Å². The van der Waals surface area contributed by atoms with Crippen molar-refractivity contribution in [2.45, 2.75) is 9.79 Å². The third kappa shape index (κ3) is 5.67. The molecule has 0 aliphatic carbocycles. The van der Waals surface area contributed by atoms with Crippen molar-refractivity contribution in [2.24, 2.45) is 0 Å². The zero-order valence-corrected chi connectivity index (χ0v) is 13.7. The first kappa shape index (κ1) is 16.3. The fraction of sp³-hybridized carbons (Fsp3) is 0. The quantitative estimate of drug-likeness (QED) is 0.456. The van der Waals surface area contributed by atoms with Gasteiger partial charge in [0, 0.05) is 19.8 Å². The van der Waals surface area contributed by atoms with Gasteiger partial charge in [0.05, 0.1) is 0 Å². The first-order valence-electron chi connectivity index (χ1n) is 5.82.